The van der Waals surface area contributed by atoms with E-state index in [0.717, 1.165) is 18.9 Å². The molecule has 1 aromatic carbocycles. The molecule has 2 nitrogen and oxygen atoms in total. The number of hydrogen-bond donors (Lipinski definition) is 0. The normalized spacial score (nSPS) is 19.6. The number of hydrogen-bond acceptors (Lipinski definition) is 2. The molecule has 27 heavy (non-hydrogen) atoms. The molecule has 0 bridgehead atoms. The number of ether oxygens (including phenoxy) is 1. The van der Waals surface area contributed by atoms with Crippen molar-refractivity contribution in [1.29, 1.82) is 0 Å². The fourth-order valence-corrected chi connectivity index (χ4v) is 3.96. The average molecular weight is 372 g/mol. The van der Waals surface area contributed by atoms with Crippen LogP contribution >= 0.6 is 0 Å². The summed E-state index contributed by atoms with van der Waals surface area (Å²) in [4.78, 5) is 5.01. The molecule has 0 spiro atoms. The maximum atomic E-state index is 6.04. The van der Waals surface area contributed by atoms with Crippen molar-refractivity contribution in [3.8, 4) is 0 Å². The lowest BCUT2D eigenvalue weighted by molar-refractivity contribution is 0.283. The van der Waals surface area contributed by atoms with Gasteiger partial charge in [-0.15, -0.1) is 0 Å². The lowest BCUT2D eigenvalue weighted by Crippen LogP contribution is -2.18. The summed E-state index contributed by atoms with van der Waals surface area (Å²) in [7, 11) is 0. The molecule has 0 unspecified atom stereocenters. The maximum Gasteiger partial charge on any atom is 0.186 e. The monoisotopic (exact) mass is 371 g/mol. The van der Waals surface area contributed by atoms with Gasteiger partial charge in [0.25, 0.3) is 0 Å². The molecule has 152 valence electrons. The summed E-state index contributed by atoms with van der Waals surface area (Å²) >= 11 is 0. The Labute approximate surface area is 167 Å². The molecule has 1 aromatic rings. The van der Waals surface area contributed by atoms with E-state index in [-0.39, 0.29) is 6.04 Å². The molecule has 0 fully saturated rings. The van der Waals surface area contributed by atoms with Gasteiger partial charge in [0.05, 0.1) is 6.04 Å². The third-order valence-electron chi connectivity index (χ3n) is 6.31. The highest BCUT2D eigenvalue weighted by atomic mass is 16.5. The van der Waals surface area contributed by atoms with Gasteiger partial charge in [-0.2, -0.15) is 0 Å². The van der Waals surface area contributed by atoms with Gasteiger partial charge in [-0.1, -0.05) is 80.9 Å². The molecule has 0 N–H and O–H groups in total. The van der Waals surface area contributed by atoms with Gasteiger partial charge in [0, 0.05) is 5.92 Å². The van der Waals surface area contributed by atoms with E-state index in [1.807, 2.05) is 0 Å². The Kier molecular flexibility index (Phi) is 7.54. The van der Waals surface area contributed by atoms with Crippen LogP contribution in [-0.4, -0.2) is 18.5 Å². The van der Waals surface area contributed by atoms with E-state index >= 15 is 0 Å². The lowest BCUT2D eigenvalue weighted by atomic mass is 9.82. The predicted molar refractivity (Wildman–Crippen MR) is 118 cm³/mol. The molecule has 2 rings (SSSR count). The highest BCUT2D eigenvalue weighted by Gasteiger charge is 2.28. The van der Waals surface area contributed by atoms with Gasteiger partial charge in [0.15, 0.2) is 5.90 Å². The topological polar surface area (TPSA) is 21.6 Å². The van der Waals surface area contributed by atoms with Crippen molar-refractivity contribution < 1.29 is 4.74 Å². The maximum absolute atomic E-state index is 6.04. The molecule has 0 aromatic heterocycles. The summed E-state index contributed by atoms with van der Waals surface area (Å²) in [6.07, 6.45) is 2.16. The Bertz CT molecular complexity index is 627. The number of benzene rings is 1. The lowest BCUT2D eigenvalue weighted by Gasteiger charge is -2.23. The van der Waals surface area contributed by atoms with Crippen molar-refractivity contribution in [2.45, 2.75) is 99.0 Å². The first-order valence-electron chi connectivity index (χ1n) is 11.0. The third kappa shape index (κ3) is 5.15. The molecule has 0 saturated carbocycles. The minimum Gasteiger partial charge on any atom is -0.478 e. The zero-order chi connectivity index (χ0) is 20.3. The summed E-state index contributed by atoms with van der Waals surface area (Å²) in [6.45, 7) is 21.4. The Hall–Kier alpha value is -1.31. The Morgan fingerprint density at radius 3 is 1.93 bits per heavy atom. The molecule has 0 aliphatic carbocycles. The minimum absolute atomic E-state index is 0.256. The van der Waals surface area contributed by atoms with Crippen LogP contribution in [-0.2, 0) is 11.2 Å². The highest BCUT2D eigenvalue weighted by molar-refractivity contribution is 5.80. The van der Waals surface area contributed by atoms with Gasteiger partial charge in [0.1, 0.15) is 6.61 Å². The van der Waals surface area contributed by atoms with Crippen molar-refractivity contribution in [3.05, 3.63) is 34.4 Å². The Morgan fingerprint density at radius 2 is 1.48 bits per heavy atom. The van der Waals surface area contributed by atoms with Gasteiger partial charge in [0.2, 0.25) is 0 Å². The first-order valence-corrected chi connectivity index (χ1v) is 11.0. The van der Waals surface area contributed by atoms with E-state index in [4.69, 9.17) is 9.73 Å². The van der Waals surface area contributed by atoms with Crippen molar-refractivity contribution in [3.63, 3.8) is 0 Å². The van der Waals surface area contributed by atoms with Crippen molar-refractivity contribution in [2.24, 2.45) is 16.8 Å². The van der Waals surface area contributed by atoms with Crippen LogP contribution in [0.5, 0.6) is 0 Å². The largest absolute Gasteiger partial charge is 0.478 e. The van der Waals surface area contributed by atoms with E-state index in [1.165, 1.54) is 28.7 Å². The van der Waals surface area contributed by atoms with E-state index in [9.17, 15) is 0 Å². The molecule has 1 heterocycles. The third-order valence-corrected chi connectivity index (χ3v) is 6.31. The zero-order valence-electron chi connectivity index (χ0n) is 19.1. The first-order chi connectivity index (χ1) is 12.6. The number of aliphatic imine (C=N–C) groups is 1. The van der Waals surface area contributed by atoms with Gasteiger partial charge in [-0.25, -0.2) is 4.99 Å². The summed E-state index contributed by atoms with van der Waals surface area (Å²) in [5.41, 5.74) is 5.98. The van der Waals surface area contributed by atoms with Crippen molar-refractivity contribution >= 4 is 5.90 Å². The molecule has 2 heteroatoms. The second-order valence-electron chi connectivity index (χ2n) is 9.45. The van der Waals surface area contributed by atoms with Gasteiger partial charge >= 0.3 is 0 Å². The van der Waals surface area contributed by atoms with Gasteiger partial charge in [-0.3, -0.25) is 0 Å². The molecular formula is C25H41NO. The fourth-order valence-electron chi connectivity index (χ4n) is 3.96. The highest BCUT2D eigenvalue weighted by Crippen LogP contribution is 2.34. The van der Waals surface area contributed by atoms with Crippen LogP contribution < -0.4 is 0 Å². The molecule has 0 saturated heterocycles. The van der Waals surface area contributed by atoms with E-state index in [0.29, 0.717) is 29.6 Å². The zero-order valence-corrected chi connectivity index (χ0v) is 19.1. The first kappa shape index (κ1) is 22.0. The van der Waals surface area contributed by atoms with Gasteiger partial charge in [-0.05, 0) is 52.3 Å². The molecule has 1 aliphatic heterocycles. The van der Waals surface area contributed by atoms with Crippen LogP contribution in [0.25, 0.3) is 0 Å². The molecule has 0 radical (unpaired) electrons. The summed E-state index contributed by atoms with van der Waals surface area (Å²) in [5, 5.41) is 0. The summed E-state index contributed by atoms with van der Waals surface area (Å²) < 4.78 is 6.04. The summed E-state index contributed by atoms with van der Waals surface area (Å²) in [5.74, 6) is 3.62. The van der Waals surface area contributed by atoms with Crippen LogP contribution in [0.2, 0.25) is 0 Å². The molecular weight excluding hydrogens is 330 g/mol. The van der Waals surface area contributed by atoms with Crippen LogP contribution in [0, 0.1) is 11.8 Å². The minimum atomic E-state index is 0.256. The summed E-state index contributed by atoms with van der Waals surface area (Å²) in [6, 6.07) is 5.14. The van der Waals surface area contributed by atoms with Gasteiger partial charge < -0.3 is 4.74 Å². The van der Waals surface area contributed by atoms with Crippen molar-refractivity contribution in [1.82, 2.24) is 0 Å². The van der Waals surface area contributed by atoms with Crippen LogP contribution in [0.4, 0.5) is 0 Å². The second kappa shape index (κ2) is 9.26. The molecule has 3 atom stereocenters. The Morgan fingerprint density at radius 1 is 0.926 bits per heavy atom. The quantitative estimate of drug-likeness (QED) is 0.478. The number of nitrogens with zero attached hydrogens (tertiary/aromatic N) is 1. The molecule has 0 amide bonds. The van der Waals surface area contributed by atoms with E-state index in [2.05, 4.69) is 74.4 Å². The smallest absolute Gasteiger partial charge is 0.186 e. The number of rotatable bonds is 8. The van der Waals surface area contributed by atoms with E-state index < -0.39 is 0 Å². The fraction of sp³-hybridized carbons (Fsp3) is 0.720. The van der Waals surface area contributed by atoms with Crippen LogP contribution in [0.15, 0.2) is 17.1 Å². The predicted octanol–water partition coefficient (Wildman–Crippen LogP) is 7.08. The molecule has 1 aliphatic rings. The Balaban J connectivity index is 2.36. The van der Waals surface area contributed by atoms with Crippen molar-refractivity contribution in [2.75, 3.05) is 6.61 Å². The second-order valence-corrected chi connectivity index (χ2v) is 9.45. The average Bonchev–Trinajstić information content (AvgIpc) is 3.08. The SMILES string of the molecule is CC[C@H](C)[C@H](C)C1=N[C@@H](Cc2c(C(C)C)cc(C(C)C)cc2C(C)C)CO1. The van der Waals surface area contributed by atoms with Crippen LogP contribution in [0.1, 0.15) is 109 Å². The van der Waals surface area contributed by atoms with E-state index in [1.54, 1.807) is 0 Å². The standard InChI is InChI=1S/C25H41NO/c1-10-18(8)19(9)25-26-21(14-27-25)13-24-22(16(4)5)11-20(15(2)3)12-23(24)17(6)7/h11-12,15-19,21H,10,13-14H2,1-9H3/t18-,19-,21-/m0/s1. The van der Waals surface area contributed by atoms with Crippen LogP contribution in [0.3, 0.4) is 0 Å².